The molecule has 0 spiro atoms. The molecule has 0 heterocycles. The molecule has 1 fully saturated rings. The van der Waals surface area contributed by atoms with Gasteiger partial charge in [-0.25, -0.2) is 0 Å². The molecule has 2 rings (SSSR count). The van der Waals surface area contributed by atoms with Gasteiger partial charge < -0.3 is 5.11 Å². The molecule has 0 aromatic carbocycles. The molecule has 0 aliphatic heterocycles. The van der Waals surface area contributed by atoms with Crippen molar-refractivity contribution in [3.8, 4) is 12.3 Å². The van der Waals surface area contributed by atoms with Gasteiger partial charge in [-0.3, -0.25) is 0 Å². The third-order valence-corrected chi connectivity index (χ3v) is 3.72. The average Bonchev–Trinajstić information content (AvgIpc) is 2.69. The van der Waals surface area contributed by atoms with Crippen molar-refractivity contribution in [3.05, 3.63) is 24.3 Å². The summed E-state index contributed by atoms with van der Waals surface area (Å²) in [6.07, 6.45) is 9.99. The van der Waals surface area contributed by atoms with Crippen LogP contribution in [0.2, 0.25) is 0 Å². The van der Waals surface area contributed by atoms with Gasteiger partial charge in [0.15, 0.2) is 0 Å². The monoisotopic (exact) mass is 174 g/mol. The molecule has 1 heteroatoms. The highest BCUT2D eigenvalue weighted by Crippen LogP contribution is 2.56. The fraction of sp³-hybridized carbons (Fsp3) is 0.500. The minimum atomic E-state index is -0.694. The molecule has 1 unspecified atom stereocenters. The zero-order chi connectivity index (χ0) is 9.64. The molecule has 2 aliphatic carbocycles. The van der Waals surface area contributed by atoms with E-state index in [0.717, 1.165) is 12.0 Å². The maximum absolute atomic E-state index is 9.78. The Morgan fingerprint density at radius 1 is 1.77 bits per heavy atom. The lowest BCUT2D eigenvalue weighted by molar-refractivity contribution is 0.0930. The average molecular weight is 174 g/mol. The molecule has 2 bridgehead atoms. The van der Waals surface area contributed by atoms with Gasteiger partial charge in [0.1, 0.15) is 6.10 Å². The molecule has 13 heavy (non-hydrogen) atoms. The van der Waals surface area contributed by atoms with Crippen LogP contribution >= 0.6 is 0 Å². The van der Waals surface area contributed by atoms with E-state index in [0.29, 0.717) is 11.8 Å². The van der Waals surface area contributed by atoms with Crippen molar-refractivity contribution in [2.45, 2.75) is 19.4 Å². The number of aliphatic hydroxyl groups excluding tert-OH is 1. The fourth-order valence-corrected chi connectivity index (χ4v) is 2.59. The van der Waals surface area contributed by atoms with Gasteiger partial charge in [0.05, 0.1) is 0 Å². The van der Waals surface area contributed by atoms with Gasteiger partial charge in [0.25, 0.3) is 0 Å². The molecule has 0 saturated heterocycles. The Kier molecular flexibility index (Phi) is 1.65. The van der Waals surface area contributed by atoms with Crippen LogP contribution in [0, 0.1) is 29.6 Å². The summed E-state index contributed by atoms with van der Waals surface area (Å²) in [4.78, 5) is 0. The van der Waals surface area contributed by atoms with Crippen LogP contribution in [-0.2, 0) is 0 Å². The number of fused-ring (bicyclic) bond motifs is 2. The van der Waals surface area contributed by atoms with Crippen molar-refractivity contribution >= 4 is 0 Å². The summed E-state index contributed by atoms with van der Waals surface area (Å²) in [7, 11) is 0. The van der Waals surface area contributed by atoms with Crippen molar-refractivity contribution < 1.29 is 5.11 Å². The van der Waals surface area contributed by atoms with Gasteiger partial charge in [-0.05, 0) is 18.3 Å². The van der Waals surface area contributed by atoms with E-state index in [1.165, 1.54) is 0 Å². The number of terminal acetylenes is 1. The lowest BCUT2D eigenvalue weighted by Gasteiger charge is -2.35. The maximum Gasteiger partial charge on any atom is 0.124 e. The second-order valence-corrected chi connectivity index (χ2v) is 4.21. The van der Waals surface area contributed by atoms with Crippen molar-refractivity contribution in [1.29, 1.82) is 0 Å². The number of hydrogen-bond donors (Lipinski definition) is 1. The summed E-state index contributed by atoms with van der Waals surface area (Å²) in [6, 6.07) is 0. The first-order valence-corrected chi connectivity index (χ1v) is 4.62. The quantitative estimate of drug-likeness (QED) is 0.474. The highest BCUT2D eigenvalue weighted by Gasteiger charge is 2.51. The fourth-order valence-electron chi connectivity index (χ4n) is 2.59. The van der Waals surface area contributed by atoms with Crippen LogP contribution < -0.4 is 0 Å². The van der Waals surface area contributed by atoms with Crippen molar-refractivity contribution in [2.24, 2.45) is 17.3 Å². The van der Waals surface area contributed by atoms with E-state index in [1.807, 2.05) is 6.92 Å². The van der Waals surface area contributed by atoms with Crippen LogP contribution in [0.5, 0.6) is 0 Å². The van der Waals surface area contributed by atoms with Crippen LogP contribution in [0.3, 0.4) is 0 Å². The van der Waals surface area contributed by atoms with E-state index < -0.39 is 6.10 Å². The van der Waals surface area contributed by atoms with Gasteiger partial charge in [-0.15, -0.1) is 6.42 Å². The van der Waals surface area contributed by atoms with Gasteiger partial charge in [0.2, 0.25) is 0 Å². The molecule has 1 N–H and O–H groups in total. The highest BCUT2D eigenvalue weighted by molar-refractivity contribution is 5.36. The zero-order valence-electron chi connectivity index (χ0n) is 7.83. The first-order chi connectivity index (χ1) is 6.10. The second-order valence-electron chi connectivity index (χ2n) is 4.21. The molecule has 0 radical (unpaired) electrons. The summed E-state index contributed by atoms with van der Waals surface area (Å²) >= 11 is 0. The summed E-state index contributed by atoms with van der Waals surface area (Å²) in [5.41, 5.74) is 0.819. The number of aliphatic hydroxyl groups is 1. The minimum Gasteiger partial charge on any atom is -0.379 e. The third kappa shape index (κ3) is 0.870. The van der Waals surface area contributed by atoms with E-state index in [9.17, 15) is 5.11 Å². The normalized spacial score (nSPS) is 43.6. The summed E-state index contributed by atoms with van der Waals surface area (Å²) in [5, 5.41) is 9.78. The smallest absolute Gasteiger partial charge is 0.124 e. The Morgan fingerprint density at radius 2 is 2.46 bits per heavy atom. The molecule has 4 atom stereocenters. The largest absolute Gasteiger partial charge is 0.379 e. The van der Waals surface area contributed by atoms with E-state index >= 15 is 0 Å². The number of rotatable bonds is 1. The standard InChI is InChI=1S/C12H14O/c1-4-11(13)12(3)8(2)9-5-6-10(12)7-9/h1,5-6,9-11,13H,2,7H2,3H3/t9-,10+,11?,12+/m0/s1. The van der Waals surface area contributed by atoms with E-state index in [-0.39, 0.29) is 5.41 Å². The zero-order valence-corrected chi connectivity index (χ0v) is 7.83. The SMILES string of the molecule is C#CC(O)[C@]1(C)C(=C)[C@H]2C=C[C@@H]1C2. The first kappa shape index (κ1) is 8.59. The Labute approximate surface area is 79.2 Å². The van der Waals surface area contributed by atoms with Crippen LogP contribution in [0.1, 0.15) is 13.3 Å². The second kappa shape index (κ2) is 2.49. The molecule has 1 nitrogen and oxygen atoms in total. The van der Waals surface area contributed by atoms with E-state index in [1.54, 1.807) is 0 Å². The maximum atomic E-state index is 9.78. The molecule has 68 valence electrons. The predicted molar refractivity (Wildman–Crippen MR) is 52.8 cm³/mol. The van der Waals surface area contributed by atoms with Crippen LogP contribution in [-0.4, -0.2) is 11.2 Å². The van der Waals surface area contributed by atoms with E-state index in [4.69, 9.17) is 6.42 Å². The van der Waals surface area contributed by atoms with Gasteiger partial charge in [-0.1, -0.05) is 37.1 Å². The summed E-state index contributed by atoms with van der Waals surface area (Å²) in [6.45, 7) is 6.07. The molecule has 0 aromatic rings. The molecular weight excluding hydrogens is 160 g/mol. The molecule has 0 aromatic heterocycles. The summed E-state index contributed by atoms with van der Waals surface area (Å²) < 4.78 is 0. The third-order valence-electron chi connectivity index (χ3n) is 3.72. The van der Waals surface area contributed by atoms with Gasteiger partial charge in [-0.2, -0.15) is 0 Å². The highest BCUT2D eigenvalue weighted by atomic mass is 16.3. The lowest BCUT2D eigenvalue weighted by Crippen LogP contribution is -2.36. The molecule has 0 amide bonds. The Bertz CT molecular complexity index is 321. The number of allylic oxidation sites excluding steroid dienone is 2. The van der Waals surface area contributed by atoms with Crippen LogP contribution in [0.15, 0.2) is 24.3 Å². The van der Waals surface area contributed by atoms with Crippen molar-refractivity contribution in [3.63, 3.8) is 0 Å². The first-order valence-electron chi connectivity index (χ1n) is 4.62. The van der Waals surface area contributed by atoms with E-state index in [2.05, 4.69) is 24.7 Å². The molecule has 2 aliphatic rings. The lowest BCUT2D eigenvalue weighted by atomic mass is 9.70. The number of hydrogen-bond acceptors (Lipinski definition) is 1. The topological polar surface area (TPSA) is 20.2 Å². The predicted octanol–water partition coefficient (Wildman–Crippen LogP) is 1.75. The van der Waals surface area contributed by atoms with Gasteiger partial charge in [0, 0.05) is 5.41 Å². The minimum absolute atomic E-state index is 0.284. The van der Waals surface area contributed by atoms with Crippen LogP contribution in [0.4, 0.5) is 0 Å². The molecule has 1 saturated carbocycles. The van der Waals surface area contributed by atoms with Crippen molar-refractivity contribution in [1.82, 2.24) is 0 Å². The van der Waals surface area contributed by atoms with Crippen LogP contribution in [0.25, 0.3) is 0 Å². The Balaban J connectivity index is 2.40. The van der Waals surface area contributed by atoms with Crippen molar-refractivity contribution in [2.75, 3.05) is 0 Å². The molecular formula is C12H14O. The van der Waals surface area contributed by atoms with Gasteiger partial charge >= 0.3 is 0 Å². The Morgan fingerprint density at radius 3 is 2.92 bits per heavy atom. The summed E-state index contributed by atoms with van der Waals surface area (Å²) in [5.74, 6) is 3.25. The Hall–Kier alpha value is -1.00.